The first kappa shape index (κ1) is 62.3. The van der Waals surface area contributed by atoms with Gasteiger partial charge in [0, 0.05) is 13.0 Å². The van der Waals surface area contributed by atoms with Gasteiger partial charge in [0.1, 0.15) is 54.9 Å². The number of unbranched alkanes of at least 4 members (excludes halogenated alkanes) is 12. The van der Waals surface area contributed by atoms with E-state index in [0.717, 1.165) is 96.3 Å². The summed E-state index contributed by atoms with van der Waals surface area (Å²) in [4.78, 5) is 12.9. The minimum atomic E-state index is -1.71. The zero-order valence-electron chi connectivity index (χ0n) is 42.0. The molecule has 7 N–H and O–H groups in total. The van der Waals surface area contributed by atoms with Crippen LogP contribution in [0.25, 0.3) is 0 Å². The molecule has 14 nitrogen and oxygen atoms in total. The Balaban J connectivity index is 1.71. The van der Waals surface area contributed by atoms with Crippen LogP contribution in [0, 0.1) is 0 Å². The molecule has 396 valence electrons. The second kappa shape index (κ2) is 41.8. The van der Waals surface area contributed by atoms with Gasteiger partial charge < -0.3 is 64.2 Å². The Labute approximate surface area is 414 Å². The second-order valence-corrected chi connectivity index (χ2v) is 18.0. The zero-order chi connectivity index (χ0) is 50.2. The number of aliphatic hydroxyl groups is 7. The molecule has 0 amide bonds. The molecular formula is C55H92O14. The highest BCUT2D eigenvalue weighted by atomic mass is 16.7. The Morgan fingerprint density at radius 3 is 1.48 bits per heavy atom. The molecule has 2 fully saturated rings. The highest BCUT2D eigenvalue weighted by Crippen LogP contribution is 2.26. The van der Waals surface area contributed by atoms with Gasteiger partial charge in [-0.25, -0.2) is 0 Å². The number of hydrogen-bond acceptors (Lipinski definition) is 14. The third-order valence-electron chi connectivity index (χ3n) is 11.9. The Morgan fingerprint density at radius 2 is 0.942 bits per heavy atom. The van der Waals surface area contributed by atoms with Gasteiger partial charge in [-0.1, -0.05) is 163 Å². The molecule has 0 bridgehead atoms. The third-order valence-corrected chi connectivity index (χ3v) is 11.9. The number of hydrogen-bond donors (Lipinski definition) is 7. The molecule has 0 saturated carbocycles. The number of esters is 1. The Morgan fingerprint density at radius 1 is 0.493 bits per heavy atom. The Hall–Kier alpha value is -2.83. The first-order chi connectivity index (χ1) is 33.6. The Kier molecular flexibility index (Phi) is 37.7. The summed E-state index contributed by atoms with van der Waals surface area (Å²) in [6, 6.07) is 0. The van der Waals surface area contributed by atoms with Crippen molar-refractivity contribution in [2.75, 3.05) is 33.0 Å². The quantitative estimate of drug-likeness (QED) is 0.0176. The molecule has 2 aliphatic rings. The van der Waals surface area contributed by atoms with Crippen molar-refractivity contribution in [3.8, 4) is 0 Å². The van der Waals surface area contributed by atoms with Crippen LogP contribution in [0.3, 0.4) is 0 Å². The Bertz CT molecular complexity index is 1460. The molecular weight excluding hydrogens is 885 g/mol. The van der Waals surface area contributed by atoms with Gasteiger partial charge in [-0.05, 0) is 70.6 Å². The maximum absolute atomic E-state index is 12.9. The van der Waals surface area contributed by atoms with Crippen LogP contribution in [0.5, 0.6) is 0 Å². The van der Waals surface area contributed by atoms with Gasteiger partial charge in [0.25, 0.3) is 0 Å². The molecule has 2 heterocycles. The van der Waals surface area contributed by atoms with Gasteiger partial charge in [-0.3, -0.25) is 4.79 Å². The van der Waals surface area contributed by atoms with E-state index in [2.05, 4.69) is 98.9 Å². The summed E-state index contributed by atoms with van der Waals surface area (Å²) in [5.74, 6) is -0.393. The van der Waals surface area contributed by atoms with E-state index in [-0.39, 0.29) is 19.6 Å². The highest BCUT2D eigenvalue weighted by molar-refractivity contribution is 5.69. The summed E-state index contributed by atoms with van der Waals surface area (Å²) in [5, 5.41) is 72.0. The van der Waals surface area contributed by atoms with Crippen LogP contribution >= 0.6 is 0 Å². The fourth-order valence-corrected chi connectivity index (χ4v) is 7.68. The molecule has 0 spiro atoms. The molecule has 0 aromatic heterocycles. The van der Waals surface area contributed by atoms with Crippen molar-refractivity contribution in [2.24, 2.45) is 0 Å². The standard InChI is InChI=1S/C55H92O14/c1-3-5-7-9-11-13-14-15-16-17-18-19-20-21-22-23-24-25-26-27-28-29-31-33-35-37-39-64-41-44(67-47(57)38-36-34-32-30-12-10-8-6-4-2)42-65-54-53(63)51(61)49(59)46(69-54)43-66-55-52(62)50(60)48(58)45(40-56)68-55/h5,7,11,13,15-16,18-19,21-22,24-25,27-28,44-46,48-56,58-63H,3-4,6,8-10,12,14,17,20,23,26,29-43H2,1-2H3/b7-5-,13-11-,16-15-,19-18-,22-21-,25-24-,28-27-. The van der Waals surface area contributed by atoms with E-state index in [4.69, 9.17) is 28.4 Å². The van der Waals surface area contributed by atoms with Crippen molar-refractivity contribution in [1.29, 1.82) is 0 Å². The molecule has 14 heteroatoms. The predicted molar refractivity (Wildman–Crippen MR) is 270 cm³/mol. The van der Waals surface area contributed by atoms with Crippen molar-refractivity contribution in [2.45, 2.75) is 223 Å². The summed E-state index contributed by atoms with van der Waals surface area (Å²) in [7, 11) is 0. The van der Waals surface area contributed by atoms with Gasteiger partial charge in [0.2, 0.25) is 0 Å². The molecule has 0 aliphatic carbocycles. The van der Waals surface area contributed by atoms with Crippen LogP contribution in [0.1, 0.15) is 155 Å². The molecule has 2 saturated heterocycles. The van der Waals surface area contributed by atoms with E-state index in [9.17, 15) is 40.5 Å². The summed E-state index contributed by atoms with van der Waals surface area (Å²) < 4.78 is 34.2. The topological polar surface area (TPSA) is 214 Å². The lowest BCUT2D eigenvalue weighted by Gasteiger charge is -2.42. The van der Waals surface area contributed by atoms with E-state index in [0.29, 0.717) is 13.0 Å². The first-order valence-corrected chi connectivity index (χ1v) is 26.2. The van der Waals surface area contributed by atoms with E-state index in [1.54, 1.807) is 0 Å². The summed E-state index contributed by atoms with van der Waals surface area (Å²) in [6.07, 6.45) is 36.6. The predicted octanol–water partition coefficient (Wildman–Crippen LogP) is 8.07. The van der Waals surface area contributed by atoms with E-state index < -0.39 is 86.7 Å². The lowest BCUT2D eigenvalue weighted by Crippen LogP contribution is -2.61. The zero-order valence-corrected chi connectivity index (χ0v) is 42.0. The number of carbonyl (C=O) groups is 1. The van der Waals surface area contributed by atoms with E-state index in [1.165, 1.54) is 32.1 Å². The molecule has 69 heavy (non-hydrogen) atoms. The number of rotatable bonds is 40. The third kappa shape index (κ3) is 29.3. The minimum Gasteiger partial charge on any atom is -0.457 e. The lowest BCUT2D eigenvalue weighted by molar-refractivity contribution is -0.332. The molecule has 0 radical (unpaired) electrons. The summed E-state index contributed by atoms with van der Waals surface area (Å²) >= 11 is 0. The van der Waals surface area contributed by atoms with Crippen molar-refractivity contribution in [1.82, 2.24) is 0 Å². The maximum atomic E-state index is 12.9. The number of ether oxygens (including phenoxy) is 6. The molecule has 2 aliphatic heterocycles. The van der Waals surface area contributed by atoms with Crippen LogP contribution in [-0.2, 0) is 33.2 Å². The fourth-order valence-electron chi connectivity index (χ4n) is 7.68. The maximum Gasteiger partial charge on any atom is 0.306 e. The summed E-state index contributed by atoms with van der Waals surface area (Å²) in [6.45, 7) is 3.46. The molecule has 0 aromatic carbocycles. The van der Waals surface area contributed by atoms with E-state index in [1.807, 2.05) is 0 Å². The van der Waals surface area contributed by atoms with Crippen molar-refractivity contribution < 1.29 is 69.0 Å². The average molecular weight is 977 g/mol. The lowest BCUT2D eigenvalue weighted by atomic mass is 9.98. The van der Waals surface area contributed by atoms with Crippen LogP contribution in [0.2, 0.25) is 0 Å². The van der Waals surface area contributed by atoms with Gasteiger partial charge in [0.15, 0.2) is 12.6 Å². The monoisotopic (exact) mass is 977 g/mol. The van der Waals surface area contributed by atoms with Gasteiger partial charge in [-0.2, -0.15) is 0 Å². The van der Waals surface area contributed by atoms with Crippen molar-refractivity contribution in [3.63, 3.8) is 0 Å². The van der Waals surface area contributed by atoms with Crippen LogP contribution in [0.4, 0.5) is 0 Å². The molecule has 11 unspecified atom stereocenters. The van der Waals surface area contributed by atoms with Gasteiger partial charge >= 0.3 is 5.97 Å². The summed E-state index contributed by atoms with van der Waals surface area (Å²) in [5.41, 5.74) is 0. The van der Waals surface area contributed by atoms with Crippen LogP contribution in [0.15, 0.2) is 85.1 Å². The SMILES string of the molecule is CC/C=C\C/C=C\C/C=C\C/C=C\C/C=C\C/C=C\C/C=C\CCCCCCOCC(COC1OC(COC2OC(CO)C(O)C(O)C2O)C(O)C(O)C1O)OC(=O)CCCCCCCCCCC. The van der Waals surface area contributed by atoms with Gasteiger partial charge in [0.05, 0.1) is 26.4 Å². The van der Waals surface area contributed by atoms with Crippen molar-refractivity contribution >= 4 is 5.97 Å². The highest BCUT2D eigenvalue weighted by Gasteiger charge is 2.47. The number of carbonyl (C=O) groups excluding carboxylic acids is 1. The normalized spacial score (nSPS) is 26.4. The smallest absolute Gasteiger partial charge is 0.306 e. The fraction of sp³-hybridized carbons (Fsp3) is 0.727. The minimum absolute atomic E-state index is 0.0402. The second-order valence-electron chi connectivity index (χ2n) is 18.0. The molecule has 0 aromatic rings. The largest absolute Gasteiger partial charge is 0.457 e. The van der Waals surface area contributed by atoms with Crippen LogP contribution < -0.4 is 0 Å². The van der Waals surface area contributed by atoms with Crippen LogP contribution in [-0.4, -0.2) is 142 Å². The average Bonchev–Trinajstić information content (AvgIpc) is 3.35. The number of aliphatic hydroxyl groups excluding tert-OH is 7. The van der Waals surface area contributed by atoms with Gasteiger partial charge in [-0.15, -0.1) is 0 Å². The molecule has 2 rings (SSSR count). The van der Waals surface area contributed by atoms with E-state index >= 15 is 0 Å². The molecule has 11 atom stereocenters. The first-order valence-electron chi connectivity index (χ1n) is 26.2. The van der Waals surface area contributed by atoms with Crippen molar-refractivity contribution in [3.05, 3.63) is 85.1 Å². The number of allylic oxidation sites excluding steroid dienone is 14.